The predicted octanol–water partition coefficient (Wildman–Crippen LogP) is 2.35. The standard InChI is InChI=1S/C12H8BrN3O2/c13-9-8-2-1-7(12(6-14)3-4-12)5-16(8)15-10(9)11(17)18/h1-2,5H,3-4H2,(H,17,18). The van der Waals surface area contributed by atoms with E-state index in [1.54, 1.807) is 12.3 Å². The molecule has 18 heavy (non-hydrogen) atoms. The van der Waals surface area contributed by atoms with Crippen LogP contribution in [-0.2, 0) is 5.41 Å². The third-order valence-electron chi connectivity index (χ3n) is 3.29. The Balaban J connectivity index is 2.20. The molecule has 2 heterocycles. The largest absolute Gasteiger partial charge is 0.476 e. The van der Waals surface area contributed by atoms with Crippen LogP contribution in [0.15, 0.2) is 22.8 Å². The zero-order valence-corrected chi connectivity index (χ0v) is 10.8. The number of pyridine rings is 1. The lowest BCUT2D eigenvalue weighted by atomic mass is 10.00. The van der Waals surface area contributed by atoms with Crippen molar-refractivity contribution in [1.82, 2.24) is 9.61 Å². The monoisotopic (exact) mass is 305 g/mol. The Labute approximate surface area is 111 Å². The molecule has 0 spiro atoms. The fraction of sp³-hybridized carbons (Fsp3) is 0.250. The molecule has 0 atom stereocenters. The number of aromatic carboxylic acids is 1. The first-order valence-electron chi connectivity index (χ1n) is 5.40. The van der Waals surface area contributed by atoms with Crippen LogP contribution in [0.1, 0.15) is 28.9 Å². The summed E-state index contributed by atoms with van der Waals surface area (Å²) in [6, 6.07) is 5.96. The summed E-state index contributed by atoms with van der Waals surface area (Å²) >= 11 is 3.23. The van der Waals surface area contributed by atoms with Crippen LogP contribution in [0.5, 0.6) is 0 Å². The van der Waals surface area contributed by atoms with Crippen LogP contribution in [0.2, 0.25) is 0 Å². The second kappa shape index (κ2) is 3.56. The third-order valence-corrected chi connectivity index (χ3v) is 4.07. The van der Waals surface area contributed by atoms with E-state index in [1.165, 1.54) is 4.52 Å². The summed E-state index contributed by atoms with van der Waals surface area (Å²) in [7, 11) is 0. The zero-order chi connectivity index (χ0) is 12.9. The molecule has 90 valence electrons. The molecular formula is C12H8BrN3O2. The molecule has 0 radical (unpaired) electrons. The van der Waals surface area contributed by atoms with E-state index < -0.39 is 11.4 Å². The molecule has 0 saturated heterocycles. The van der Waals surface area contributed by atoms with Gasteiger partial charge in [-0.2, -0.15) is 10.4 Å². The first-order chi connectivity index (χ1) is 8.57. The van der Waals surface area contributed by atoms with Crippen molar-refractivity contribution in [2.24, 2.45) is 0 Å². The van der Waals surface area contributed by atoms with E-state index >= 15 is 0 Å². The van der Waals surface area contributed by atoms with Crippen molar-refractivity contribution < 1.29 is 9.90 Å². The van der Waals surface area contributed by atoms with Crippen LogP contribution >= 0.6 is 15.9 Å². The van der Waals surface area contributed by atoms with Crippen LogP contribution in [0.25, 0.3) is 5.52 Å². The topological polar surface area (TPSA) is 78.4 Å². The number of aromatic nitrogens is 2. The van der Waals surface area contributed by atoms with Gasteiger partial charge in [0.2, 0.25) is 0 Å². The average molecular weight is 306 g/mol. The lowest BCUT2D eigenvalue weighted by Crippen LogP contribution is -2.04. The summed E-state index contributed by atoms with van der Waals surface area (Å²) in [4.78, 5) is 11.0. The summed E-state index contributed by atoms with van der Waals surface area (Å²) < 4.78 is 1.98. The van der Waals surface area contributed by atoms with Crippen molar-refractivity contribution in [3.05, 3.63) is 34.1 Å². The highest BCUT2D eigenvalue weighted by atomic mass is 79.9. The first-order valence-corrected chi connectivity index (χ1v) is 6.20. The van der Waals surface area contributed by atoms with Gasteiger partial charge in [0.1, 0.15) is 0 Å². The van der Waals surface area contributed by atoms with Crippen LogP contribution in [0.3, 0.4) is 0 Å². The molecule has 3 rings (SSSR count). The average Bonchev–Trinajstić information content (AvgIpc) is 3.09. The summed E-state index contributed by atoms with van der Waals surface area (Å²) in [6.07, 6.45) is 3.44. The van der Waals surface area contributed by atoms with Gasteiger partial charge in [0, 0.05) is 6.20 Å². The Kier molecular flexibility index (Phi) is 2.22. The van der Waals surface area contributed by atoms with Gasteiger partial charge in [-0.05, 0) is 40.4 Å². The van der Waals surface area contributed by atoms with E-state index in [0.717, 1.165) is 18.4 Å². The fourth-order valence-electron chi connectivity index (χ4n) is 2.03. The maximum absolute atomic E-state index is 11.0. The molecule has 5 nitrogen and oxygen atoms in total. The van der Waals surface area contributed by atoms with Crippen molar-refractivity contribution in [2.45, 2.75) is 18.3 Å². The minimum atomic E-state index is -1.08. The highest BCUT2D eigenvalue weighted by Gasteiger charge is 2.45. The second-order valence-electron chi connectivity index (χ2n) is 4.41. The number of fused-ring (bicyclic) bond motifs is 1. The Morgan fingerprint density at radius 1 is 1.56 bits per heavy atom. The molecule has 2 aromatic rings. The molecule has 1 saturated carbocycles. The van der Waals surface area contributed by atoms with Gasteiger partial charge in [0.25, 0.3) is 0 Å². The molecule has 1 N–H and O–H groups in total. The number of carbonyl (C=O) groups is 1. The molecule has 6 heteroatoms. The van der Waals surface area contributed by atoms with Gasteiger partial charge in [-0.1, -0.05) is 6.07 Å². The number of rotatable bonds is 2. The Morgan fingerprint density at radius 3 is 2.83 bits per heavy atom. The number of hydrogen-bond donors (Lipinski definition) is 1. The molecule has 0 bridgehead atoms. The molecule has 0 aliphatic heterocycles. The van der Waals surface area contributed by atoms with Crippen LogP contribution < -0.4 is 0 Å². The van der Waals surface area contributed by atoms with Gasteiger partial charge in [0.15, 0.2) is 5.69 Å². The SMILES string of the molecule is N#CC1(c2ccc3c(Br)c(C(=O)O)nn3c2)CC1. The second-order valence-corrected chi connectivity index (χ2v) is 5.20. The third kappa shape index (κ3) is 1.44. The highest BCUT2D eigenvalue weighted by molar-refractivity contribution is 9.10. The van der Waals surface area contributed by atoms with Gasteiger partial charge < -0.3 is 5.11 Å². The normalized spacial score (nSPS) is 16.4. The van der Waals surface area contributed by atoms with Crippen molar-refractivity contribution in [3.8, 4) is 6.07 Å². The number of hydrogen-bond acceptors (Lipinski definition) is 3. The van der Waals surface area contributed by atoms with Crippen LogP contribution in [0.4, 0.5) is 0 Å². The molecule has 2 aromatic heterocycles. The first kappa shape index (κ1) is 11.2. The fourth-order valence-corrected chi connectivity index (χ4v) is 2.59. The molecule has 1 aliphatic carbocycles. The van der Waals surface area contributed by atoms with E-state index in [1.807, 2.05) is 6.07 Å². The molecule has 0 aromatic carbocycles. The lowest BCUT2D eigenvalue weighted by molar-refractivity contribution is 0.0689. The predicted molar refractivity (Wildman–Crippen MR) is 66.4 cm³/mol. The lowest BCUT2D eigenvalue weighted by Gasteiger charge is -2.05. The van der Waals surface area contributed by atoms with Gasteiger partial charge in [-0.15, -0.1) is 0 Å². The number of halogens is 1. The maximum Gasteiger partial charge on any atom is 0.357 e. The molecule has 1 fully saturated rings. The number of nitriles is 1. The van der Waals surface area contributed by atoms with E-state index in [-0.39, 0.29) is 5.69 Å². The van der Waals surface area contributed by atoms with Crippen LogP contribution in [0, 0.1) is 11.3 Å². The van der Waals surface area contributed by atoms with Crippen molar-refractivity contribution >= 4 is 27.4 Å². The van der Waals surface area contributed by atoms with Gasteiger partial charge in [-0.3, -0.25) is 0 Å². The van der Waals surface area contributed by atoms with Gasteiger partial charge in [-0.25, -0.2) is 9.31 Å². The summed E-state index contributed by atoms with van der Waals surface area (Å²) in [5.74, 6) is -1.08. The Morgan fingerprint density at radius 2 is 2.28 bits per heavy atom. The minimum Gasteiger partial charge on any atom is -0.476 e. The number of nitrogens with zero attached hydrogens (tertiary/aromatic N) is 3. The summed E-state index contributed by atoms with van der Waals surface area (Å²) in [6.45, 7) is 0. The van der Waals surface area contributed by atoms with Crippen LogP contribution in [-0.4, -0.2) is 20.7 Å². The van der Waals surface area contributed by atoms with Crippen molar-refractivity contribution in [1.29, 1.82) is 5.26 Å². The van der Waals surface area contributed by atoms with Gasteiger partial charge >= 0.3 is 5.97 Å². The minimum absolute atomic E-state index is 0.0195. The molecular weight excluding hydrogens is 298 g/mol. The number of carboxylic acids is 1. The summed E-state index contributed by atoms with van der Waals surface area (Å²) in [5.41, 5.74) is 1.17. The molecule has 1 aliphatic rings. The molecule has 0 unspecified atom stereocenters. The van der Waals surface area contributed by atoms with E-state index in [4.69, 9.17) is 10.4 Å². The highest BCUT2D eigenvalue weighted by Crippen LogP contribution is 2.47. The van der Waals surface area contributed by atoms with E-state index in [9.17, 15) is 4.79 Å². The van der Waals surface area contributed by atoms with Gasteiger partial charge in [0.05, 0.1) is 21.5 Å². The Bertz CT molecular complexity index is 710. The number of carboxylic acid groups (broad SMARTS) is 1. The Hall–Kier alpha value is -1.87. The summed E-state index contributed by atoms with van der Waals surface area (Å²) in [5, 5.41) is 22.2. The van der Waals surface area contributed by atoms with E-state index in [2.05, 4.69) is 27.1 Å². The maximum atomic E-state index is 11.0. The van der Waals surface area contributed by atoms with Crippen molar-refractivity contribution in [3.63, 3.8) is 0 Å². The molecule has 0 amide bonds. The van der Waals surface area contributed by atoms with Crippen molar-refractivity contribution in [2.75, 3.05) is 0 Å². The zero-order valence-electron chi connectivity index (χ0n) is 9.22. The van der Waals surface area contributed by atoms with E-state index in [0.29, 0.717) is 9.99 Å². The smallest absolute Gasteiger partial charge is 0.357 e. The quantitative estimate of drug-likeness (QED) is 0.923.